The standard InChI is InChI=1S/C14H9BrCl2N2O/c15-9-1-3-11-13(6-9)19(18-14(11)20)7-8-5-10(16)2-4-12(8)17/h1-6H,7H2,(H,18,20). The number of fused-ring (bicyclic) bond motifs is 1. The molecule has 1 heterocycles. The van der Waals surface area contributed by atoms with Gasteiger partial charge in [0.1, 0.15) is 0 Å². The summed E-state index contributed by atoms with van der Waals surface area (Å²) in [5.41, 5.74) is 1.55. The highest BCUT2D eigenvalue weighted by molar-refractivity contribution is 9.10. The number of halogens is 3. The number of nitrogens with one attached hydrogen (secondary N) is 1. The van der Waals surface area contributed by atoms with Gasteiger partial charge in [0.25, 0.3) is 5.56 Å². The van der Waals surface area contributed by atoms with Crippen LogP contribution in [-0.2, 0) is 6.54 Å². The molecule has 0 bridgehead atoms. The second kappa shape index (κ2) is 5.28. The highest BCUT2D eigenvalue weighted by Gasteiger charge is 2.09. The van der Waals surface area contributed by atoms with Crippen LogP contribution in [0.5, 0.6) is 0 Å². The number of aromatic amines is 1. The summed E-state index contributed by atoms with van der Waals surface area (Å²) in [7, 11) is 0. The number of rotatable bonds is 2. The third-order valence-corrected chi connectivity index (χ3v) is 4.17. The Morgan fingerprint density at radius 2 is 1.95 bits per heavy atom. The summed E-state index contributed by atoms with van der Waals surface area (Å²) in [6.45, 7) is 0.453. The Kier molecular flexibility index (Phi) is 3.63. The molecule has 0 atom stereocenters. The monoisotopic (exact) mass is 370 g/mol. The first-order valence-electron chi connectivity index (χ1n) is 5.86. The van der Waals surface area contributed by atoms with E-state index in [1.807, 2.05) is 12.1 Å². The summed E-state index contributed by atoms with van der Waals surface area (Å²) >= 11 is 15.6. The molecule has 0 aliphatic heterocycles. The fourth-order valence-electron chi connectivity index (χ4n) is 2.12. The third-order valence-electron chi connectivity index (χ3n) is 3.07. The molecular formula is C14H9BrCl2N2O. The molecule has 0 unspecified atom stereocenters. The van der Waals surface area contributed by atoms with Gasteiger partial charge in [0, 0.05) is 14.5 Å². The molecule has 0 aliphatic carbocycles. The smallest absolute Gasteiger partial charge is 0.271 e. The molecule has 2 aromatic carbocycles. The Bertz CT molecular complexity index is 854. The van der Waals surface area contributed by atoms with Crippen molar-refractivity contribution in [3.8, 4) is 0 Å². The molecule has 102 valence electrons. The minimum Gasteiger partial charge on any atom is -0.280 e. The number of hydrogen-bond donors (Lipinski definition) is 1. The molecule has 3 nitrogen and oxygen atoms in total. The molecule has 0 amide bonds. The van der Waals surface area contributed by atoms with E-state index in [1.165, 1.54) is 0 Å². The minimum absolute atomic E-state index is 0.120. The van der Waals surface area contributed by atoms with Gasteiger partial charge in [-0.2, -0.15) is 0 Å². The number of hydrogen-bond acceptors (Lipinski definition) is 1. The van der Waals surface area contributed by atoms with Gasteiger partial charge in [-0.05, 0) is 42.0 Å². The van der Waals surface area contributed by atoms with Gasteiger partial charge >= 0.3 is 0 Å². The van der Waals surface area contributed by atoms with Crippen LogP contribution in [0.4, 0.5) is 0 Å². The van der Waals surface area contributed by atoms with Crippen LogP contribution in [0.2, 0.25) is 10.0 Å². The predicted molar refractivity (Wildman–Crippen MR) is 85.8 cm³/mol. The van der Waals surface area contributed by atoms with Gasteiger partial charge in [0.2, 0.25) is 0 Å². The quantitative estimate of drug-likeness (QED) is 0.710. The minimum atomic E-state index is -0.120. The van der Waals surface area contributed by atoms with E-state index in [4.69, 9.17) is 23.2 Å². The van der Waals surface area contributed by atoms with E-state index >= 15 is 0 Å². The normalized spacial score (nSPS) is 11.2. The van der Waals surface area contributed by atoms with Crippen LogP contribution < -0.4 is 5.56 Å². The Balaban J connectivity index is 2.13. The van der Waals surface area contributed by atoms with E-state index in [0.29, 0.717) is 22.0 Å². The second-order valence-electron chi connectivity index (χ2n) is 4.42. The van der Waals surface area contributed by atoms with Crippen molar-refractivity contribution in [1.29, 1.82) is 0 Å². The third kappa shape index (κ3) is 2.51. The van der Waals surface area contributed by atoms with Crippen molar-refractivity contribution < 1.29 is 0 Å². The average molecular weight is 372 g/mol. The zero-order valence-electron chi connectivity index (χ0n) is 10.2. The molecule has 6 heteroatoms. The Labute approximate surface area is 133 Å². The van der Waals surface area contributed by atoms with Crippen molar-refractivity contribution in [3.63, 3.8) is 0 Å². The van der Waals surface area contributed by atoms with Crippen LogP contribution >= 0.6 is 39.1 Å². The summed E-state index contributed by atoms with van der Waals surface area (Å²) in [5.74, 6) is 0. The summed E-state index contributed by atoms with van der Waals surface area (Å²) in [4.78, 5) is 11.9. The number of nitrogens with zero attached hydrogens (tertiary/aromatic N) is 1. The van der Waals surface area contributed by atoms with Crippen LogP contribution in [0.15, 0.2) is 45.7 Å². The summed E-state index contributed by atoms with van der Waals surface area (Å²) in [6.07, 6.45) is 0. The van der Waals surface area contributed by atoms with Crippen molar-refractivity contribution in [2.24, 2.45) is 0 Å². The Morgan fingerprint density at radius 1 is 1.15 bits per heavy atom. The lowest BCUT2D eigenvalue weighted by Gasteiger charge is -2.07. The predicted octanol–water partition coefficient (Wildman–Crippen LogP) is 4.45. The molecule has 0 spiro atoms. The number of H-pyrrole nitrogens is 1. The van der Waals surface area contributed by atoms with Gasteiger partial charge in [0.15, 0.2) is 0 Å². The maximum Gasteiger partial charge on any atom is 0.271 e. The van der Waals surface area contributed by atoms with Crippen LogP contribution in [0.25, 0.3) is 10.9 Å². The van der Waals surface area contributed by atoms with Crippen molar-refractivity contribution in [2.75, 3.05) is 0 Å². The molecule has 0 radical (unpaired) electrons. The Morgan fingerprint density at radius 3 is 2.75 bits per heavy atom. The fourth-order valence-corrected chi connectivity index (χ4v) is 2.84. The van der Waals surface area contributed by atoms with Gasteiger partial charge in [0.05, 0.1) is 17.4 Å². The molecule has 3 rings (SSSR count). The molecule has 0 saturated carbocycles. The topological polar surface area (TPSA) is 37.8 Å². The van der Waals surface area contributed by atoms with Gasteiger partial charge in [-0.3, -0.25) is 14.6 Å². The first kappa shape index (κ1) is 13.7. The van der Waals surface area contributed by atoms with Crippen LogP contribution in [0.3, 0.4) is 0 Å². The van der Waals surface area contributed by atoms with Gasteiger partial charge in [-0.25, -0.2) is 0 Å². The number of aromatic nitrogens is 2. The summed E-state index contributed by atoms with van der Waals surface area (Å²) < 4.78 is 2.68. The average Bonchev–Trinajstić information content (AvgIpc) is 2.70. The highest BCUT2D eigenvalue weighted by atomic mass is 79.9. The Hall–Kier alpha value is -1.23. The maximum atomic E-state index is 11.9. The largest absolute Gasteiger partial charge is 0.280 e. The van der Waals surface area contributed by atoms with E-state index in [1.54, 1.807) is 28.9 Å². The van der Waals surface area contributed by atoms with Crippen molar-refractivity contribution >= 4 is 50.0 Å². The van der Waals surface area contributed by atoms with E-state index in [-0.39, 0.29) is 5.56 Å². The van der Waals surface area contributed by atoms with E-state index < -0.39 is 0 Å². The van der Waals surface area contributed by atoms with Crippen LogP contribution in [0.1, 0.15) is 5.56 Å². The fraction of sp³-hybridized carbons (Fsp3) is 0.0714. The van der Waals surface area contributed by atoms with Gasteiger partial charge in [-0.1, -0.05) is 39.1 Å². The molecule has 0 saturated heterocycles. The van der Waals surface area contributed by atoms with Gasteiger partial charge in [-0.15, -0.1) is 0 Å². The molecular weight excluding hydrogens is 363 g/mol. The van der Waals surface area contributed by atoms with Gasteiger partial charge < -0.3 is 0 Å². The van der Waals surface area contributed by atoms with Crippen molar-refractivity contribution in [2.45, 2.75) is 6.54 Å². The maximum absolute atomic E-state index is 11.9. The lowest BCUT2D eigenvalue weighted by molar-refractivity contribution is 0.703. The molecule has 3 aromatic rings. The van der Waals surface area contributed by atoms with Crippen molar-refractivity contribution in [3.05, 3.63) is 66.8 Å². The summed E-state index contributed by atoms with van der Waals surface area (Å²) in [5, 5.41) is 4.69. The molecule has 0 fully saturated rings. The SMILES string of the molecule is O=c1[nH]n(Cc2cc(Cl)ccc2Cl)c2cc(Br)ccc12. The van der Waals surface area contributed by atoms with E-state index in [2.05, 4.69) is 21.0 Å². The zero-order valence-corrected chi connectivity index (χ0v) is 13.3. The number of benzene rings is 2. The first-order chi connectivity index (χ1) is 9.54. The zero-order chi connectivity index (χ0) is 14.3. The lowest BCUT2D eigenvalue weighted by Crippen LogP contribution is -2.07. The lowest BCUT2D eigenvalue weighted by atomic mass is 10.2. The molecule has 0 aliphatic rings. The molecule has 1 aromatic heterocycles. The van der Waals surface area contributed by atoms with Crippen LogP contribution in [-0.4, -0.2) is 9.78 Å². The first-order valence-corrected chi connectivity index (χ1v) is 7.41. The van der Waals surface area contributed by atoms with Crippen LogP contribution in [0, 0.1) is 0 Å². The highest BCUT2D eigenvalue weighted by Crippen LogP contribution is 2.23. The van der Waals surface area contributed by atoms with E-state index in [9.17, 15) is 4.79 Å². The van der Waals surface area contributed by atoms with E-state index in [0.717, 1.165) is 15.6 Å². The van der Waals surface area contributed by atoms with Crippen molar-refractivity contribution in [1.82, 2.24) is 9.78 Å². The summed E-state index contributed by atoms with van der Waals surface area (Å²) in [6, 6.07) is 10.8. The molecule has 20 heavy (non-hydrogen) atoms. The molecule has 1 N–H and O–H groups in total. The second-order valence-corrected chi connectivity index (χ2v) is 6.18.